The Labute approximate surface area is 242 Å². The van der Waals surface area contributed by atoms with Crippen LogP contribution in [0.1, 0.15) is 80.9 Å². The van der Waals surface area contributed by atoms with Crippen LogP contribution in [0.15, 0.2) is 59.7 Å². The molecule has 1 heterocycles. The average molecular weight is 560 g/mol. The van der Waals surface area contributed by atoms with Crippen LogP contribution in [0.25, 0.3) is 0 Å². The SMILES string of the molecule is CCOC(=O)C1CCC(CNC(=O)C(c2ccc(CN3N=C(c4ccccc4)OCC3=O)cc2)C2CCCC2)CC1. The third-order valence-corrected chi connectivity index (χ3v) is 8.71. The van der Waals surface area contributed by atoms with Crippen LogP contribution in [0.4, 0.5) is 0 Å². The highest BCUT2D eigenvalue weighted by molar-refractivity contribution is 5.97. The van der Waals surface area contributed by atoms with Gasteiger partial charge in [-0.25, -0.2) is 5.01 Å². The van der Waals surface area contributed by atoms with Crippen molar-refractivity contribution in [1.82, 2.24) is 10.3 Å². The zero-order valence-electron chi connectivity index (χ0n) is 23.9. The predicted octanol–water partition coefficient (Wildman–Crippen LogP) is 5.17. The van der Waals surface area contributed by atoms with Crippen LogP contribution in [-0.2, 0) is 30.4 Å². The summed E-state index contributed by atoms with van der Waals surface area (Å²) in [6.45, 7) is 3.21. The highest BCUT2D eigenvalue weighted by atomic mass is 16.5. The van der Waals surface area contributed by atoms with Gasteiger partial charge >= 0.3 is 5.97 Å². The van der Waals surface area contributed by atoms with Crippen molar-refractivity contribution in [3.63, 3.8) is 0 Å². The number of nitrogens with one attached hydrogen (secondary N) is 1. The molecule has 1 unspecified atom stereocenters. The van der Waals surface area contributed by atoms with E-state index in [0.29, 0.717) is 37.4 Å². The average Bonchev–Trinajstić information content (AvgIpc) is 3.53. The van der Waals surface area contributed by atoms with Gasteiger partial charge in [0, 0.05) is 12.1 Å². The van der Waals surface area contributed by atoms with E-state index in [9.17, 15) is 14.4 Å². The lowest BCUT2D eigenvalue weighted by Crippen LogP contribution is -2.37. The second kappa shape index (κ2) is 13.8. The van der Waals surface area contributed by atoms with E-state index in [1.165, 1.54) is 5.01 Å². The zero-order chi connectivity index (χ0) is 28.6. The summed E-state index contributed by atoms with van der Waals surface area (Å²) < 4.78 is 10.8. The number of benzene rings is 2. The number of amides is 2. The molecule has 2 aromatic carbocycles. The molecular weight excluding hydrogens is 518 g/mol. The minimum Gasteiger partial charge on any atom is -0.466 e. The molecule has 0 radical (unpaired) electrons. The molecule has 0 spiro atoms. The van der Waals surface area contributed by atoms with Gasteiger partial charge in [-0.3, -0.25) is 14.4 Å². The normalized spacial score (nSPS) is 22.0. The lowest BCUT2D eigenvalue weighted by Gasteiger charge is -2.29. The van der Waals surface area contributed by atoms with Crippen molar-refractivity contribution in [2.45, 2.75) is 70.8 Å². The fourth-order valence-corrected chi connectivity index (χ4v) is 6.39. The molecule has 0 bridgehead atoms. The van der Waals surface area contributed by atoms with E-state index in [1.807, 2.05) is 61.5 Å². The van der Waals surface area contributed by atoms with Crippen molar-refractivity contribution in [1.29, 1.82) is 0 Å². The van der Waals surface area contributed by atoms with E-state index in [-0.39, 0.29) is 36.2 Å². The Kier molecular flexibility index (Phi) is 9.70. The molecule has 2 fully saturated rings. The maximum absolute atomic E-state index is 13.6. The molecule has 1 N–H and O–H groups in total. The third kappa shape index (κ3) is 7.34. The number of hydrazone groups is 1. The molecule has 3 aliphatic rings. The van der Waals surface area contributed by atoms with E-state index in [4.69, 9.17) is 9.47 Å². The number of carbonyl (C=O) groups is 3. The number of hydrogen-bond acceptors (Lipinski definition) is 6. The first-order chi connectivity index (χ1) is 20.0. The number of rotatable bonds is 10. The zero-order valence-corrected chi connectivity index (χ0v) is 23.9. The van der Waals surface area contributed by atoms with Gasteiger partial charge in [-0.15, -0.1) is 5.10 Å². The Hall–Kier alpha value is -3.68. The summed E-state index contributed by atoms with van der Waals surface area (Å²) in [4.78, 5) is 38.2. The molecule has 1 aliphatic heterocycles. The quantitative estimate of drug-likeness (QED) is 0.405. The molecule has 8 nitrogen and oxygen atoms in total. The summed E-state index contributed by atoms with van der Waals surface area (Å²) in [6, 6.07) is 17.6. The van der Waals surface area contributed by atoms with Crippen molar-refractivity contribution >= 4 is 23.7 Å². The number of hydrogen-bond donors (Lipinski definition) is 1. The van der Waals surface area contributed by atoms with Gasteiger partial charge in [0.2, 0.25) is 11.8 Å². The minimum absolute atomic E-state index is 0.00460. The summed E-state index contributed by atoms with van der Waals surface area (Å²) in [5.41, 5.74) is 2.80. The summed E-state index contributed by atoms with van der Waals surface area (Å²) in [5.74, 6) is 0.800. The Morgan fingerprint density at radius 2 is 1.71 bits per heavy atom. The van der Waals surface area contributed by atoms with E-state index in [1.54, 1.807) is 0 Å². The summed E-state index contributed by atoms with van der Waals surface area (Å²) >= 11 is 0. The molecule has 41 heavy (non-hydrogen) atoms. The summed E-state index contributed by atoms with van der Waals surface area (Å²) in [6.07, 6.45) is 7.96. The summed E-state index contributed by atoms with van der Waals surface area (Å²) in [5, 5.41) is 9.18. The highest BCUT2D eigenvalue weighted by Gasteiger charge is 2.33. The maximum atomic E-state index is 13.6. The largest absolute Gasteiger partial charge is 0.466 e. The van der Waals surface area contributed by atoms with E-state index < -0.39 is 0 Å². The van der Waals surface area contributed by atoms with Gasteiger partial charge in [-0.05, 0) is 80.5 Å². The first-order valence-corrected chi connectivity index (χ1v) is 15.1. The van der Waals surface area contributed by atoms with Crippen molar-refractivity contribution in [2.75, 3.05) is 19.8 Å². The number of esters is 1. The van der Waals surface area contributed by atoms with Gasteiger partial charge in [0.15, 0.2) is 6.61 Å². The maximum Gasteiger partial charge on any atom is 0.308 e. The standard InChI is InChI=1S/C33H41N3O5/c1-2-40-33(39)28-18-12-23(13-19-28)20-34-31(38)30(25-8-6-7-9-25)26-16-14-24(15-17-26)21-36-29(37)22-41-32(35-36)27-10-4-3-5-11-27/h3-5,10-11,14-17,23,25,28,30H,2,6-9,12-13,18-22H2,1H3,(H,34,38). The van der Waals surface area contributed by atoms with E-state index in [2.05, 4.69) is 10.4 Å². The Morgan fingerprint density at radius 1 is 1.00 bits per heavy atom. The fraction of sp³-hybridized carbons (Fsp3) is 0.515. The van der Waals surface area contributed by atoms with Gasteiger partial charge in [0.1, 0.15) is 0 Å². The first kappa shape index (κ1) is 28.8. The number of carbonyl (C=O) groups excluding carboxylic acids is 3. The van der Waals surface area contributed by atoms with Crippen LogP contribution in [0.3, 0.4) is 0 Å². The molecule has 218 valence electrons. The third-order valence-electron chi connectivity index (χ3n) is 8.71. The van der Waals surface area contributed by atoms with Crippen molar-refractivity contribution in [2.24, 2.45) is 22.9 Å². The molecule has 2 aliphatic carbocycles. The molecule has 2 aromatic rings. The second-order valence-electron chi connectivity index (χ2n) is 11.5. The van der Waals surface area contributed by atoms with Gasteiger partial charge in [0.25, 0.3) is 5.91 Å². The van der Waals surface area contributed by atoms with E-state index >= 15 is 0 Å². The van der Waals surface area contributed by atoms with Gasteiger partial charge < -0.3 is 14.8 Å². The lowest BCUT2D eigenvalue weighted by atomic mass is 9.81. The first-order valence-electron chi connectivity index (χ1n) is 15.1. The van der Waals surface area contributed by atoms with Crippen molar-refractivity contribution < 1.29 is 23.9 Å². The summed E-state index contributed by atoms with van der Waals surface area (Å²) in [7, 11) is 0. The fourth-order valence-electron chi connectivity index (χ4n) is 6.39. The van der Waals surface area contributed by atoms with Crippen LogP contribution in [-0.4, -0.2) is 48.4 Å². The van der Waals surface area contributed by atoms with Gasteiger partial charge in [-0.1, -0.05) is 55.3 Å². The van der Waals surface area contributed by atoms with Crippen LogP contribution in [0, 0.1) is 17.8 Å². The molecule has 2 saturated carbocycles. The molecule has 5 rings (SSSR count). The Balaban J connectivity index is 1.21. The highest BCUT2D eigenvalue weighted by Crippen LogP contribution is 2.38. The smallest absolute Gasteiger partial charge is 0.308 e. The van der Waals surface area contributed by atoms with Crippen LogP contribution in [0.5, 0.6) is 0 Å². The van der Waals surface area contributed by atoms with E-state index in [0.717, 1.165) is 68.1 Å². The van der Waals surface area contributed by atoms with Crippen LogP contribution in [0.2, 0.25) is 0 Å². The monoisotopic (exact) mass is 559 g/mol. The predicted molar refractivity (Wildman–Crippen MR) is 156 cm³/mol. The second-order valence-corrected chi connectivity index (χ2v) is 11.5. The Bertz CT molecular complexity index is 1220. The van der Waals surface area contributed by atoms with Crippen molar-refractivity contribution in [3.05, 3.63) is 71.3 Å². The molecule has 0 saturated heterocycles. The molecule has 2 amide bonds. The van der Waals surface area contributed by atoms with Crippen LogP contribution < -0.4 is 5.32 Å². The minimum atomic E-state index is -0.187. The molecule has 8 heteroatoms. The number of ether oxygens (including phenoxy) is 2. The molecule has 1 atom stereocenters. The van der Waals surface area contributed by atoms with Gasteiger partial charge in [0.05, 0.1) is 25.0 Å². The number of nitrogens with zero attached hydrogens (tertiary/aromatic N) is 2. The Morgan fingerprint density at radius 3 is 2.39 bits per heavy atom. The lowest BCUT2D eigenvalue weighted by molar-refractivity contribution is -0.149. The topological polar surface area (TPSA) is 97.3 Å². The van der Waals surface area contributed by atoms with Crippen LogP contribution >= 0.6 is 0 Å². The molecule has 0 aromatic heterocycles. The van der Waals surface area contributed by atoms with Gasteiger partial charge in [-0.2, -0.15) is 0 Å². The van der Waals surface area contributed by atoms with Crippen molar-refractivity contribution in [3.8, 4) is 0 Å². The molecular formula is C33H41N3O5.